The molecule has 1 amide bonds. The third-order valence-electron chi connectivity index (χ3n) is 5.13. The van der Waals surface area contributed by atoms with Crippen LogP contribution in [0.25, 0.3) is 10.9 Å². The maximum atomic E-state index is 12.4. The molecule has 4 rings (SSSR count). The van der Waals surface area contributed by atoms with Gasteiger partial charge in [0.05, 0.1) is 11.1 Å². The van der Waals surface area contributed by atoms with Crippen molar-refractivity contribution in [1.82, 2.24) is 15.3 Å². The number of fused-ring (bicyclic) bond motifs is 1. The molecule has 7 heteroatoms. The summed E-state index contributed by atoms with van der Waals surface area (Å²) in [7, 11) is 0. The van der Waals surface area contributed by atoms with Gasteiger partial charge in [-0.25, -0.2) is 4.98 Å². The number of hydrogen-bond acceptors (Lipinski definition) is 4. The third kappa shape index (κ3) is 4.21. The second-order valence-electron chi connectivity index (χ2n) is 7.03. The largest absolute Gasteiger partial charge is 0.382 e. The highest BCUT2D eigenvalue weighted by molar-refractivity contribution is 6.32. The number of halogens is 2. The molecule has 2 heterocycles. The number of aromatic nitrogens is 2. The first kappa shape index (κ1) is 19.0. The van der Waals surface area contributed by atoms with Crippen molar-refractivity contribution in [3.63, 3.8) is 0 Å². The normalized spacial score (nSPS) is 19.4. The van der Waals surface area contributed by atoms with Crippen LogP contribution in [-0.2, 0) is 0 Å². The van der Waals surface area contributed by atoms with Crippen LogP contribution in [0.3, 0.4) is 0 Å². The van der Waals surface area contributed by atoms with Crippen LogP contribution < -0.4 is 10.6 Å². The van der Waals surface area contributed by atoms with E-state index in [0.717, 1.165) is 42.3 Å². The van der Waals surface area contributed by atoms with Crippen molar-refractivity contribution in [2.45, 2.75) is 37.8 Å². The molecule has 3 aromatic rings. The van der Waals surface area contributed by atoms with Crippen LogP contribution in [0.4, 0.5) is 5.69 Å². The molecule has 0 aliphatic heterocycles. The molecule has 1 aromatic carbocycles. The highest BCUT2D eigenvalue weighted by Crippen LogP contribution is 2.28. The first-order chi connectivity index (χ1) is 13.6. The Kier molecular flexibility index (Phi) is 5.64. The van der Waals surface area contributed by atoms with Gasteiger partial charge >= 0.3 is 0 Å². The van der Waals surface area contributed by atoms with Gasteiger partial charge in [0.2, 0.25) is 0 Å². The number of hydrogen-bond donors (Lipinski definition) is 2. The fourth-order valence-corrected chi connectivity index (χ4v) is 4.04. The van der Waals surface area contributed by atoms with Gasteiger partial charge in [0.15, 0.2) is 0 Å². The molecule has 1 aliphatic carbocycles. The predicted octanol–water partition coefficient (Wildman–Crippen LogP) is 5.09. The Labute approximate surface area is 173 Å². The average molecular weight is 415 g/mol. The summed E-state index contributed by atoms with van der Waals surface area (Å²) < 4.78 is 0. The monoisotopic (exact) mass is 414 g/mol. The van der Waals surface area contributed by atoms with Crippen molar-refractivity contribution < 1.29 is 4.79 Å². The summed E-state index contributed by atoms with van der Waals surface area (Å²) in [5.74, 6) is -0.161. The Morgan fingerprint density at radius 3 is 2.54 bits per heavy atom. The topological polar surface area (TPSA) is 66.9 Å². The molecule has 1 fully saturated rings. The first-order valence-electron chi connectivity index (χ1n) is 9.32. The smallest absolute Gasteiger partial charge is 0.254 e. The van der Waals surface area contributed by atoms with E-state index in [1.165, 1.54) is 0 Å². The van der Waals surface area contributed by atoms with Crippen LogP contribution >= 0.6 is 23.2 Å². The number of anilines is 1. The van der Waals surface area contributed by atoms with Gasteiger partial charge in [0.25, 0.3) is 5.91 Å². The van der Waals surface area contributed by atoms with E-state index in [1.54, 1.807) is 24.5 Å². The van der Waals surface area contributed by atoms with Gasteiger partial charge in [0.1, 0.15) is 5.15 Å². The Morgan fingerprint density at radius 1 is 0.964 bits per heavy atom. The van der Waals surface area contributed by atoms with E-state index in [9.17, 15) is 4.79 Å². The molecule has 2 N–H and O–H groups in total. The molecule has 0 radical (unpaired) electrons. The zero-order valence-electron chi connectivity index (χ0n) is 15.2. The van der Waals surface area contributed by atoms with Crippen molar-refractivity contribution in [3.05, 3.63) is 64.5 Å². The zero-order chi connectivity index (χ0) is 19.5. The highest BCUT2D eigenvalue weighted by Gasteiger charge is 2.24. The molecular formula is C21H20Cl2N4O. The maximum absolute atomic E-state index is 12.4. The van der Waals surface area contributed by atoms with Gasteiger partial charge in [-0.2, -0.15) is 0 Å². The molecule has 1 aliphatic rings. The fourth-order valence-electron chi connectivity index (χ4n) is 3.67. The summed E-state index contributed by atoms with van der Waals surface area (Å²) in [4.78, 5) is 20.8. The standard InChI is InChI=1S/C21H20Cl2N4O/c22-13-3-8-16-18(9-11-24-19(16)12-13)26-14-4-6-15(7-5-14)27-21(28)17-2-1-10-25-20(17)23/h1-3,8-12,14-15H,4-7H2,(H,24,26)(H,27,28). The fraction of sp³-hybridized carbons (Fsp3) is 0.286. The van der Waals surface area contributed by atoms with Gasteiger partial charge < -0.3 is 10.6 Å². The number of amides is 1. The molecule has 2 aromatic heterocycles. The summed E-state index contributed by atoms with van der Waals surface area (Å²) in [6.45, 7) is 0. The molecule has 1 saturated carbocycles. The maximum Gasteiger partial charge on any atom is 0.254 e. The molecule has 0 saturated heterocycles. The second kappa shape index (κ2) is 8.33. The minimum absolute atomic E-state index is 0.148. The lowest BCUT2D eigenvalue weighted by Gasteiger charge is -2.30. The number of nitrogens with zero attached hydrogens (tertiary/aromatic N) is 2. The zero-order valence-corrected chi connectivity index (χ0v) is 16.7. The van der Waals surface area contributed by atoms with E-state index in [2.05, 4.69) is 20.6 Å². The summed E-state index contributed by atoms with van der Waals surface area (Å²) in [5.41, 5.74) is 2.37. The minimum atomic E-state index is -0.161. The van der Waals surface area contributed by atoms with Gasteiger partial charge in [-0.1, -0.05) is 23.2 Å². The van der Waals surface area contributed by atoms with E-state index >= 15 is 0 Å². The van der Waals surface area contributed by atoms with Crippen LogP contribution in [0.5, 0.6) is 0 Å². The van der Waals surface area contributed by atoms with Gasteiger partial charge in [-0.15, -0.1) is 0 Å². The molecule has 0 spiro atoms. The Bertz CT molecular complexity index is 1000. The SMILES string of the molecule is O=C(NC1CCC(Nc2ccnc3cc(Cl)ccc23)CC1)c1cccnc1Cl. The van der Waals surface area contributed by atoms with Gasteiger partial charge in [-0.3, -0.25) is 9.78 Å². The lowest BCUT2D eigenvalue weighted by Crippen LogP contribution is -2.40. The van der Waals surface area contributed by atoms with E-state index in [1.807, 2.05) is 24.3 Å². The number of rotatable bonds is 4. The van der Waals surface area contributed by atoms with Crippen molar-refractivity contribution in [3.8, 4) is 0 Å². The summed E-state index contributed by atoms with van der Waals surface area (Å²) in [6.07, 6.45) is 7.15. The summed E-state index contributed by atoms with van der Waals surface area (Å²) in [6, 6.07) is 11.7. The number of nitrogens with one attached hydrogen (secondary N) is 2. The third-order valence-corrected chi connectivity index (χ3v) is 5.67. The van der Waals surface area contributed by atoms with Gasteiger partial charge in [0, 0.05) is 40.6 Å². The van der Waals surface area contributed by atoms with Crippen LogP contribution in [0.2, 0.25) is 10.2 Å². The number of benzene rings is 1. The van der Waals surface area contributed by atoms with Crippen LogP contribution in [0.15, 0.2) is 48.8 Å². The summed E-state index contributed by atoms with van der Waals surface area (Å²) in [5, 5.41) is 8.69. The van der Waals surface area contributed by atoms with E-state index in [-0.39, 0.29) is 17.1 Å². The Morgan fingerprint density at radius 2 is 1.75 bits per heavy atom. The van der Waals surface area contributed by atoms with Crippen LogP contribution in [0.1, 0.15) is 36.0 Å². The minimum Gasteiger partial charge on any atom is -0.382 e. The molecule has 5 nitrogen and oxygen atoms in total. The average Bonchev–Trinajstić information content (AvgIpc) is 2.69. The highest BCUT2D eigenvalue weighted by atomic mass is 35.5. The van der Waals surface area contributed by atoms with E-state index in [0.29, 0.717) is 16.6 Å². The predicted molar refractivity (Wildman–Crippen MR) is 113 cm³/mol. The van der Waals surface area contributed by atoms with E-state index in [4.69, 9.17) is 23.2 Å². The van der Waals surface area contributed by atoms with Crippen LogP contribution in [0, 0.1) is 0 Å². The second-order valence-corrected chi connectivity index (χ2v) is 7.82. The lowest BCUT2D eigenvalue weighted by molar-refractivity contribution is 0.0926. The summed E-state index contributed by atoms with van der Waals surface area (Å²) >= 11 is 12.1. The quantitative estimate of drug-likeness (QED) is 0.583. The molecule has 28 heavy (non-hydrogen) atoms. The van der Waals surface area contributed by atoms with Crippen molar-refractivity contribution in [2.75, 3.05) is 5.32 Å². The lowest BCUT2D eigenvalue weighted by atomic mass is 9.90. The molecule has 0 atom stereocenters. The number of carbonyl (C=O) groups excluding carboxylic acids is 1. The van der Waals surface area contributed by atoms with Crippen molar-refractivity contribution >= 4 is 45.7 Å². The van der Waals surface area contributed by atoms with Crippen LogP contribution in [-0.4, -0.2) is 28.0 Å². The Hall–Kier alpha value is -2.37. The molecule has 0 bridgehead atoms. The number of pyridine rings is 2. The van der Waals surface area contributed by atoms with Crippen molar-refractivity contribution in [1.29, 1.82) is 0 Å². The Balaban J connectivity index is 1.36. The number of carbonyl (C=O) groups is 1. The first-order valence-corrected chi connectivity index (χ1v) is 10.1. The van der Waals surface area contributed by atoms with Gasteiger partial charge in [-0.05, 0) is 62.1 Å². The van der Waals surface area contributed by atoms with Crippen molar-refractivity contribution in [2.24, 2.45) is 0 Å². The molecule has 144 valence electrons. The molecular weight excluding hydrogens is 395 g/mol. The molecule has 0 unspecified atom stereocenters. The van der Waals surface area contributed by atoms with E-state index < -0.39 is 0 Å².